The van der Waals surface area contributed by atoms with Crippen LogP contribution in [0.3, 0.4) is 0 Å². The van der Waals surface area contributed by atoms with Crippen molar-refractivity contribution in [2.45, 2.75) is 38.5 Å². The lowest BCUT2D eigenvalue weighted by Gasteiger charge is -2.18. The van der Waals surface area contributed by atoms with E-state index < -0.39 is 10.0 Å². The summed E-state index contributed by atoms with van der Waals surface area (Å²) in [5, 5.41) is 5.63. The second-order valence-electron chi connectivity index (χ2n) is 6.75. The molecule has 0 saturated carbocycles. The van der Waals surface area contributed by atoms with Crippen molar-refractivity contribution in [2.75, 3.05) is 25.0 Å². The fourth-order valence-corrected chi connectivity index (χ4v) is 4.49. The number of nitrogens with zero attached hydrogens (tertiary/aromatic N) is 1. The third-order valence-electron chi connectivity index (χ3n) is 4.55. The van der Waals surface area contributed by atoms with E-state index in [2.05, 4.69) is 17.6 Å². The van der Waals surface area contributed by atoms with Gasteiger partial charge in [-0.3, -0.25) is 10.1 Å². The van der Waals surface area contributed by atoms with Crippen LogP contribution in [-0.2, 0) is 10.0 Å². The molecule has 0 bridgehead atoms. The molecule has 0 radical (unpaired) electrons. The molecule has 2 aromatic rings. The number of anilines is 1. The van der Waals surface area contributed by atoms with Crippen molar-refractivity contribution in [3.05, 3.63) is 54.1 Å². The normalized spacial score (nSPS) is 11.2. The minimum atomic E-state index is -3.52. The SMILES string of the molecule is CCCCOc1cccc(C(=O)NC(=S)Nc2ccc(S(=O)(=O)N(CC)CC)cc2)c1. The summed E-state index contributed by atoms with van der Waals surface area (Å²) < 4.78 is 32.1. The van der Waals surface area contributed by atoms with Gasteiger partial charge >= 0.3 is 0 Å². The smallest absolute Gasteiger partial charge is 0.257 e. The molecule has 2 rings (SSSR count). The zero-order valence-corrected chi connectivity index (χ0v) is 19.7. The van der Waals surface area contributed by atoms with Gasteiger partial charge in [-0.05, 0) is 61.1 Å². The van der Waals surface area contributed by atoms with Gasteiger partial charge in [-0.15, -0.1) is 0 Å². The van der Waals surface area contributed by atoms with Crippen molar-refractivity contribution in [3.63, 3.8) is 0 Å². The molecule has 0 fully saturated rings. The maximum Gasteiger partial charge on any atom is 0.257 e. The lowest BCUT2D eigenvalue weighted by molar-refractivity contribution is 0.0977. The second kappa shape index (κ2) is 11.8. The number of thiocarbonyl (C=S) groups is 1. The van der Waals surface area contributed by atoms with Crippen LogP contribution in [0.25, 0.3) is 0 Å². The lowest BCUT2D eigenvalue weighted by Crippen LogP contribution is -2.34. The maximum atomic E-state index is 12.6. The first-order valence-corrected chi connectivity index (χ1v) is 12.1. The minimum absolute atomic E-state index is 0.113. The van der Waals surface area contributed by atoms with Crippen molar-refractivity contribution in [1.82, 2.24) is 9.62 Å². The number of nitrogens with one attached hydrogen (secondary N) is 2. The van der Waals surface area contributed by atoms with Gasteiger partial charge in [-0.1, -0.05) is 33.3 Å². The predicted molar refractivity (Wildman–Crippen MR) is 127 cm³/mol. The van der Waals surface area contributed by atoms with Crippen molar-refractivity contribution < 1.29 is 17.9 Å². The molecule has 7 nitrogen and oxygen atoms in total. The van der Waals surface area contributed by atoms with Crippen LogP contribution in [-0.4, -0.2) is 43.4 Å². The number of amides is 1. The van der Waals surface area contributed by atoms with E-state index in [0.717, 1.165) is 12.8 Å². The van der Waals surface area contributed by atoms with E-state index in [4.69, 9.17) is 17.0 Å². The number of unbranched alkanes of at least 4 members (excludes halogenated alkanes) is 1. The molecule has 31 heavy (non-hydrogen) atoms. The third-order valence-corrected chi connectivity index (χ3v) is 6.81. The van der Waals surface area contributed by atoms with E-state index in [1.54, 1.807) is 50.2 Å². The van der Waals surface area contributed by atoms with Gasteiger partial charge in [0.05, 0.1) is 11.5 Å². The number of benzene rings is 2. The first-order chi connectivity index (χ1) is 14.8. The van der Waals surface area contributed by atoms with Gasteiger partial charge in [0.25, 0.3) is 5.91 Å². The van der Waals surface area contributed by atoms with Crippen LogP contribution in [0.5, 0.6) is 5.75 Å². The fraction of sp³-hybridized carbons (Fsp3) is 0.364. The Balaban J connectivity index is 1.98. The molecule has 0 aliphatic carbocycles. The summed E-state index contributed by atoms with van der Waals surface area (Å²) in [6.07, 6.45) is 1.97. The summed E-state index contributed by atoms with van der Waals surface area (Å²) in [5.74, 6) is 0.268. The van der Waals surface area contributed by atoms with E-state index >= 15 is 0 Å². The van der Waals surface area contributed by atoms with Gasteiger partial charge in [-0.2, -0.15) is 4.31 Å². The highest BCUT2D eigenvalue weighted by molar-refractivity contribution is 7.89. The molecule has 0 unspecified atom stereocenters. The Morgan fingerprint density at radius 3 is 2.35 bits per heavy atom. The van der Waals surface area contributed by atoms with E-state index in [0.29, 0.717) is 36.7 Å². The van der Waals surface area contributed by atoms with Crippen molar-refractivity contribution in [2.24, 2.45) is 0 Å². The van der Waals surface area contributed by atoms with Gasteiger partial charge in [0.2, 0.25) is 10.0 Å². The third kappa shape index (κ3) is 7.02. The fourth-order valence-electron chi connectivity index (χ4n) is 2.82. The maximum absolute atomic E-state index is 12.6. The van der Waals surface area contributed by atoms with Gasteiger partial charge < -0.3 is 10.1 Å². The Kier molecular flexibility index (Phi) is 9.42. The minimum Gasteiger partial charge on any atom is -0.494 e. The van der Waals surface area contributed by atoms with Crippen LogP contribution in [0.1, 0.15) is 44.0 Å². The molecule has 0 heterocycles. The molecule has 168 valence electrons. The first kappa shape index (κ1) is 24.8. The van der Waals surface area contributed by atoms with E-state index in [-0.39, 0.29) is 15.9 Å². The molecule has 0 aliphatic heterocycles. The van der Waals surface area contributed by atoms with Crippen LogP contribution in [0.2, 0.25) is 0 Å². The highest BCUT2D eigenvalue weighted by Crippen LogP contribution is 2.18. The molecular weight excluding hydrogens is 434 g/mol. The van der Waals surface area contributed by atoms with Gasteiger partial charge in [0, 0.05) is 24.3 Å². The number of carbonyl (C=O) groups is 1. The summed E-state index contributed by atoms with van der Waals surface area (Å²) in [4.78, 5) is 12.7. The number of carbonyl (C=O) groups excluding carboxylic acids is 1. The van der Waals surface area contributed by atoms with Gasteiger partial charge in [0.1, 0.15) is 5.75 Å². The van der Waals surface area contributed by atoms with Crippen molar-refractivity contribution in [1.29, 1.82) is 0 Å². The van der Waals surface area contributed by atoms with Crippen molar-refractivity contribution in [3.8, 4) is 5.75 Å². The second-order valence-corrected chi connectivity index (χ2v) is 9.10. The van der Waals surface area contributed by atoms with Crippen LogP contribution in [0.4, 0.5) is 5.69 Å². The summed E-state index contributed by atoms with van der Waals surface area (Å²) in [5.41, 5.74) is 0.999. The highest BCUT2D eigenvalue weighted by Gasteiger charge is 2.21. The summed E-state index contributed by atoms with van der Waals surface area (Å²) >= 11 is 5.22. The van der Waals surface area contributed by atoms with E-state index in [1.807, 2.05) is 0 Å². The van der Waals surface area contributed by atoms with E-state index in [1.165, 1.54) is 16.4 Å². The lowest BCUT2D eigenvalue weighted by atomic mass is 10.2. The van der Waals surface area contributed by atoms with Crippen LogP contribution < -0.4 is 15.4 Å². The zero-order chi connectivity index (χ0) is 22.9. The Morgan fingerprint density at radius 1 is 1.06 bits per heavy atom. The standard InChI is InChI=1S/C22H29N3O4S2/c1-4-7-15-29-19-10-8-9-17(16-19)21(26)24-22(30)23-18-11-13-20(14-12-18)31(27,28)25(5-2)6-3/h8-14,16H,4-7,15H2,1-3H3,(H2,23,24,26,30). The van der Waals surface area contributed by atoms with Gasteiger partial charge in [0.15, 0.2) is 5.11 Å². The van der Waals surface area contributed by atoms with Crippen LogP contribution in [0.15, 0.2) is 53.4 Å². The molecule has 0 aromatic heterocycles. The number of rotatable bonds is 10. The number of sulfonamides is 1. The highest BCUT2D eigenvalue weighted by atomic mass is 32.2. The molecule has 0 aliphatic rings. The Labute approximate surface area is 189 Å². The largest absolute Gasteiger partial charge is 0.494 e. The van der Waals surface area contributed by atoms with E-state index in [9.17, 15) is 13.2 Å². The first-order valence-electron chi connectivity index (χ1n) is 10.3. The Hall–Kier alpha value is -2.49. The topological polar surface area (TPSA) is 87.7 Å². The van der Waals surface area contributed by atoms with Crippen LogP contribution >= 0.6 is 12.2 Å². The Morgan fingerprint density at radius 2 is 1.74 bits per heavy atom. The molecule has 0 atom stereocenters. The summed E-state index contributed by atoms with van der Waals surface area (Å²) in [6, 6.07) is 13.1. The molecular formula is C22H29N3O4S2. The number of hydrogen-bond donors (Lipinski definition) is 2. The zero-order valence-electron chi connectivity index (χ0n) is 18.1. The van der Waals surface area contributed by atoms with Crippen molar-refractivity contribution >= 4 is 38.9 Å². The molecule has 9 heteroatoms. The molecule has 0 saturated heterocycles. The summed E-state index contributed by atoms with van der Waals surface area (Å²) in [7, 11) is -3.52. The molecule has 2 N–H and O–H groups in total. The van der Waals surface area contributed by atoms with Gasteiger partial charge in [-0.25, -0.2) is 8.42 Å². The number of hydrogen-bond acceptors (Lipinski definition) is 5. The molecule has 1 amide bonds. The predicted octanol–water partition coefficient (Wildman–Crippen LogP) is 4.02. The summed E-state index contributed by atoms with van der Waals surface area (Å²) in [6.45, 7) is 7.08. The van der Waals surface area contributed by atoms with Crippen LogP contribution in [0, 0.1) is 0 Å². The number of ether oxygens (including phenoxy) is 1. The molecule has 0 spiro atoms. The average molecular weight is 464 g/mol. The quantitative estimate of drug-likeness (QED) is 0.409. The Bertz CT molecular complexity index is 988. The monoisotopic (exact) mass is 463 g/mol. The molecule has 2 aromatic carbocycles. The average Bonchev–Trinajstić information content (AvgIpc) is 2.75.